The molecule has 2 nitrogen and oxygen atoms in total. The highest BCUT2D eigenvalue weighted by atomic mass is 79.9. The maximum absolute atomic E-state index is 12.4. The Balaban J connectivity index is 2.81. The summed E-state index contributed by atoms with van der Waals surface area (Å²) in [7, 11) is 1.69. The Morgan fingerprint density at radius 1 is 1.39 bits per heavy atom. The molecule has 0 unspecified atom stereocenters. The standard InChI is InChI=1S/C13H19BrF2N2/c1-3-6-17-8-10-7-11(14)4-5-12(10)18(2)9-13(15)16/h4-5,7,13,17H,3,6,8-9H2,1-2H3. The monoisotopic (exact) mass is 320 g/mol. The topological polar surface area (TPSA) is 15.3 Å². The first-order chi connectivity index (χ1) is 8.54. The van der Waals surface area contributed by atoms with Crippen molar-refractivity contribution in [1.82, 2.24) is 5.32 Å². The molecule has 1 N–H and O–H groups in total. The van der Waals surface area contributed by atoms with Gasteiger partial charge in [0.2, 0.25) is 0 Å². The number of hydrogen-bond acceptors (Lipinski definition) is 2. The van der Waals surface area contributed by atoms with Crippen LogP contribution in [0, 0.1) is 0 Å². The normalized spacial score (nSPS) is 11.0. The van der Waals surface area contributed by atoms with Gasteiger partial charge in [-0.25, -0.2) is 8.78 Å². The van der Waals surface area contributed by atoms with Crippen molar-refractivity contribution in [2.24, 2.45) is 0 Å². The minimum atomic E-state index is -2.32. The van der Waals surface area contributed by atoms with Gasteiger partial charge in [-0.2, -0.15) is 0 Å². The molecule has 0 fully saturated rings. The van der Waals surface area contributed by atoms with Gasteiger partial charge in [-0.15, -0.1) is 0 Å². The Morgan fingerprint density at radius 3 is 2.72 bits per heavy atom. The molecule has 102 valence electrons. The zero-order valence-corrected chi connectivity index (χ0v) is 12.3. The van der Waals surface area contributed by atoms with Crippen LogP contribution in [-0.2, 0) is 6.54 Å². The van der Waals surface area contributed by atoms with Crippen LogP contribution in [0.15, 0.2) is 22.7 Å². The van der Waals surface area contributed by atoms with E-state index in [1.165, 1.54) is 0 Å². The van der Waals surface area contributed by atoms with Crippen molar-refractivity contribution in [3.63, 3.8) is 0 Å². The summed E-state index contributed by atoms with van der Waals surface area (Å²) in [6.07, 6.45) is -1.27. The molecule has 18 heavy (non-hydrogen) atoms. The van der Waals surface area contributed by atoms with Crippen LogP contribution in [0.25, 0.3) is 0 Å². The Morgan fingerprint density at radius 2 is 2.11 bits per heavy atom. The van der Waals surface area contributed by atoms with Crippen molar-refractivity contribution in [3.8, 4) is 0 Å². The quantitative estimate of drug-likeness (QED) is 0.771. The molecular formula is C13H19BrF2N2. The number of benzene rings is 1. The average molecular weight is 321 g/mol. The van der Waals surface area contributed by atoms with E-state index in [2.05, 4.69) is 28.2 Å². The minimum absolute atomic E-state index is 0.248. The van der Waals surface area contributed by atoms with Crippen LogP contribution in [0.5, 0.6) is 0 Å². The van der Waals surface area contributed by atoms with Gasteiger partial charge in [-0.05, 0) is 36.7 Å². The summed E-state index contributed by atoms with van der Waals surface area (Å²) in [5.74, 6) is 0. The number of nitrogens with one attached hydrogen (secondary N) is 1. The van der Waals surface area contributed by atoms with Gasteiger partial charge in [0.1, 0.15) is 0 Å². The SMILES string of the molecule is CCCNCc1cc(Br)ccc1N(C)CC(F)F. The van der Waals surface area contributed by atoms with Crippen molar-refractivity contribution in [3.05, 3.63) is 28.2 Å². The Bertz CT molecular complexity index is 372. The van der Waals surface area contributed by atoms with Crippen molar-refractivity contribution < 1.29 is 8.78 Å². The summed E-state index contributed by atoms with van der Waals surface area (Å²) >= 11 is 3.41. The number of nitrogens with zero attached hydrogens (tertiary/aromatic N) is 1. The highest BCUT2D eigenvalue weighted by Gasteiger charge is 2.12. The average Bonchev–Trinajstić information content (AvgIpc) is 2.28. The highest BCUT2D eigenvalue weighted by Crippen LogP contribution is 2.24. The second kappa shape index (κ2) is 7.69. The molecule has 0 heterocycles. The third-order valence-electron chi connectivity index (χ3n) is 2.61. The summed E-state index contributed by atoms with van der Waals surface area (Å²) in [5, 5.41) is 3.29. The molecule has 0 atom stereocenters. The van der Waals surface area contributed by atoms with Crippen molar-refractivity contribution in [2.45, 2.75) is 26.3 Å². The fourth-order valence-corrected chi connectivity index (χ4v) is 2.18. The summed E-state index contributed by atoms with van der Waals surface area (Å²) in [6, 6.07) is 5.72. The van der Waals surface area contributed by atoms with Gasteiger partial charge in [-0.3, -0.25) is 0 Å². The van der Waals surface area contributed by atoms with Crippen LogP contribution in [0.1, 0.15) is 18.9 Å². The van der Waals surface area contributed by atoms with E-state index in [4.69, 9.17) is 0 Å². The first-order valence-electron chi connectivity index (χ1n) is 6.03. The molecular weight excluding hydrogens is 302 g/mol. The lowest BCUT2D eigenvalue weighted by molar-refractivity contribution is 0.156. The van der Waals surface area contributed by atoms with E-state index >= 15 is 0 Å². The van der Waals surface area contributed by atoms with E-state index in [0.29, 0.717) is 6.54 Å². The summed E-state index contributed by atoms with van der Waals surface area (Å²) in [5.41, 5.74) is 1.88. The third-order valence-corrected chi connectivity index (χ3v) is 3.10. The molecule has 0 aliphatic carbocycles. The molecule has 0 saturated carbocycles. The van der Waals surface area contributed by atoms with Gasteiger partial charge >= 0.3 is 0 Å². The first kappa shape index (κ1) is 15.4. The first-order valence-corrected chi connectivity index (χ1v) is 6.82. The molecule has 0 spiro atoms. The van der Waals surface area contributed by atoms with Gasteiger partial charge in [0.25, 0.3) is 6.43 Å². The molecule has 0 saturated heterocycles. The van der Waals surface area contributed by atoms with E-state index in [9.17, 15) is 8.78 Å². The predicted molar refractivity (Wildman–Crippen MR) is 75.4 cm³/mol. The van der Waals surface area contributed by atoms with Gasteiger partial charge in [-0.1, -0.05) is 22.9 Å². The lowest BCUT2D eigenvalue weighted by Gasteiger charge is -2.22. The number of halogens is 3. The van der Waals surface area contributed by atoms with E-state index in [0.717, 1.165) is 28.7 Å². The molecule has 0 aliphatic heterocycles. The molecule has 5 heteroatoms. The molecule has 1 aromatic carbocycles. The molecule has 0 amide bonds. The highest BCUT2D eigenvalue weighted by molar-refractivity contribution is 9.10. The van der Waals surface area contributed by atoms with Gasteiger partial charge in [0.05, 0.1) is 6.54 Å². The van der Waals surface area contributed by atoms with Gasteiger partial charge in [0.15, 0.2) is 0 Å². The van der Waals surface area contributed by atoms with Crippen LogP contribution >= 0.6 is 15.9 Å². The van der Waals surface area contributed by atoms with E-state index in [1.807, 2.05) is 18.2 Å². The van der Waals surface area contributed by atoms with Crippen molar-refractivity contribution in [1.29, 1.82) is 0 Å². The van der Waals surface area contributed by atoms with Crippen molar-refractivity contribution >= 4 is 21.6 Å². The Hall–Kier alpha value is -0.680. The number of alkyl halides is 2. The summed E-state index contributed by atoms with van der Waals surface area (Å²) in [6.45, 7) is 3.46. The molecule has 0 bridgehead atoms. The maximum Gasteiger partial charge on any atom is 0.255 e. The van der Waals surface area contributed by atoms with Gasteiger partial charge in [0, 0.05) is 23.8 Å². The lowest BCUT2D eigenvalue weighted by Crippen LogP contribution is -2.26. The van der Waals surface area contributed by atoms with Crippen LogP contribution < -0.4 is 10.2 Å². The number of rotatable bonds is 7. The second-order valence-corrected chi connectivity index (χ2v) is 5.14. The third kappa shape index (κ3) is 4.90. The maximum atomic E-state index is 12.4. The summed E-state index contributed by atoms with van der Waals surface area (Å²) in [4.78, 5) is 1.60. The smallest absolute Gasteiger partial charge is 0.255 e. The molecule has 1 aromatic rings. The second-order valence-electron chi connectivity index (χ2n) is 4.22. The van der Waals surface area contributed by atoms with Crippen LogP contribution in [0.4, 0.5) is 14.5 Å². The minimum Gasteiger partial charge on any atom is -0.369 e. The molecule has 0 aromatic heterocycles. The van der Waals surface area contributed by atoms with Crippen LogP contribution in [-0.4, -0.2) is 26.6 Å². The number of hydrogen-bond donors (Lipinski definition) is 1. The van der Waals surface area contributed by atoms with Crippen LogP contribution in [0.2, 0.25) is 0 Å². The Kier molecular flexibility index (Phi) is 6.57. The Labute approximate surface area is 115 Å². The molecule has 1 rings (SSSR count). The largest absolute Gasteiger partial charge is 0.369 e. The summed E-state index contributed by atoms with van der Waals surface area (Å²) < 4.78 is 25.8. The lowest BCUT2D eigenvalue weighted by atomic mass is 10.1. The van der Waals surface area contributed by atoms with E-state index in [-0.39, 0.29) is 6.54 Å². The van der Waals surface area contributed by atoms with Crippen LogP contribution in [0.3, 0.4) is 0 Å². The number of anilines is 1. The van der Waals surface area contributed by atoms with Crippen molar-refractivity contribution in [2.75, 3.05) is 25.0 Å². The fourth-order valence-electron chi connectivity index (χ4n) is 1.77. The predicted octanol–water partition coefficient (Wildman–Crippen LogP) is 3.65. The van der Waals surface area contributed by atoms with E-state index < -0.39 is 6.43 Å². The zero-order valence-electron chi connectivity index (χ0n) is 10.7. The van der Waals surface area contributed by atoms with Gasteiger partial charge < -0.3 is 10.2 Å². The van der Waals surface area contributed by atoms with E-state index in [1.54, 1.807) is 11.9 Å². The zero-order chi connectivity index (χ0) is 13.5. The molecule has 0 radical (unpaired) electrons. The molecule has 0 aliphatic rings. The fraction of sp³-hybridized carbons (Fsp3) is 0.538.